The average Bonchev–Trinajstić information content (AvgIpc) is 3.18. The number of carbonyl (C=O) groups is 1. The Morgan fingerprint density at radius 2 is 1.13 bits per heavy atom. The van der Waals surface area contributed by atoms with E-state index >= 15 is 0 Å². The second kappa shape index (κ2) is 30.0. The molecular weight excluding hydrogens is 907 g/mol. The van der Waals surface area contributed by atoms with Crippen molar-refractivity contribution in [2.75, 3.05) is 27.4 Å². The molecule has 1 atom stereocenters. The molecule has 7 nitrogen and oxygen atoms in total. The van der Waals surface area contributed by atoms with Crippen molar-refractivity contribution in [1.82, 2.24) is 0 Å². The van der Waals surface area contributed by atoms with Crippen molar-refractivity contribution in [2.24, 2.45) is 0 Å². The molecule has 0 saturated carbocycles. The maximum atomic E-state index is 13.6. The Morgan fingerprint density at radius 3 is 1.52 bits per heavy atom. The van der Waals surface area contributed by atoms with Crippen molar-refractivity contribution < 1.29 is 105 Å². The van der Waals surface area contributed by atoms with Crippen molar-refractivity contribution >= 4 is 22.2 Å². The van der Waals surface area contributed by atoms with Gasteiger partial charge in [0.05, 0.1) is 14.2 Å². The molecule has 0 aromatic heterocycles. The summed E-state index contributed by atoms with van der Waals surface area (Å²) in [7, 11) is 2.54. The molecule has 1 N–H and O–H groups in total. The number of carbonyl (C=O) groups excluding carboxylic acids is 1. The molecule has 61 heavy (non-hydrogen) atoms. The standard InChI is InChI=1S/C16H12F6O3.C8H4BrF5O.C8H7FO2.C4H10O.C4H9.Li/c1-24-13-6-8(2-3-12(13)18)14(23)9-4-10(17)7-11(5-9)25-16(21,22)15(19)20;9-4-1-5(10)3-6(2-4)15-8(13,14)7(11)12;1-11-8-4-6(5-10)2-3-7(8)9;1-3-5-4-2;1-3-4-2;/h2-7,14-15,23H,1H3;1-3,7H;2-5H,1H3;3-4H2,1-2H3;1,3-4H2,2H3;/q;;;;-1;+1. The van der Waals surface area contributed by atoms with Crippen molar-refractivity contribution in [3.63, 3.8) is 0 Å². The molecule has 4 aromatic rings. The van der Waals surface area contributed by atoms with E-state index in [1.54, 1.807) is 0 Å². The summed E-state index contributed by atoms with van der Waals surface area (Å²) in [5, 5.41) is 10.2. The summed E-state index contributed by atoms with van der Waals surface area (Å²) in [5.41, 5.74) is 0.215. The van der Waals surface area contributed by atoms with Gasteiger partial charge in [-0.15, -0.1) is 0 Å². The Bertz CT molecular complexity index is 1840. The van der Waals surface area contributed by atoms with Crippen LogP contribution in [0.2, 0.25) is 0 Å². The van der Waals surface area contributed by atoms with Crippen molar-refractivity contribution in [2.45, 2.75) is 64.8 Å². The molecule has 0 saturated heterocycles. The molecule has 0 aliphatic rings. The minimum atomic E-state index is -4.82. The van der Waals surface area contributed by atoms with Gasteiger partial charge in [0.25, 0.3) is 0 Å². The van der Waals surface area contributed by atoms with E-state index in [-0.39, 0.29) is 46.0 Å². The predicted molar refractivity (Wildman–Crippen MR) is 201 cm³/mol. The topological polar surface area (TPSA) is 83.5 Å². The number of halogens is 13. The minimum Gasteiger partial charge on any atom is -0.494 e. The van der Waals surface area contributed by atoms with Crippen LogP contribution >= 0.6 is 15.9 Å². The van der Waals surface area contributed by atoms with Gasteiger partial charge in [0.1, 0.15) is 35.5 Å². The van der Waals surface area contributed by atoms with Crippen LogP contribution in [0.5, 0.6) is 23.0 Å². The number of benzene rings is 4. The molecule has 336 valence electrons. The molecule has 21 heteroatoms. The quantitative estimate of drug-likeness (QED) is 0.0584. The van der Waals surface area contributed by atoms with Crippen LogP contribution in [0.25, 0.3) is 0 Å². The largest absolute Gasteiger partial charge is 1.00 e. The molecule has 1 unspecified atom stereocenters. The maximum Gasteiger partial charge on any atom is 1.00 e. The van der Waals surface area contributed by atoms with Crippen LogP contribution < -0.4 is 37.8 Å². The molecule has 0 aliphatic heterocycles. The maximum absolute atomic E-state index is 13.6. The van der Waals surface area contributed by atoms with Crippen molar-refractivity contribution in [3.8, 4) is 23.0 Å². The second-order valence-electron chi connectivity index (χ2n) is 11.2. The molecule has 0 fully saturated rings. The fourth-order valence-electron chi connectivity index (χ4n) is 3.78. The smallest absolute Gasteiger partial charge is 0.494 e. The third kappa shape index (κ3) is 22.5. The molecule has 4 rings (SSSR count). The molecule has 0 spiro atoms. The monoisotopic (exact) mass is 948 g/mol. The molecule has 4 aromatic carbocycles. The first-order valence-corrected chi connectivity index (χ1v) is 18.0. The predicted octanol–water partition coefficient (Wildman–Crippen LogP) is 9.43. The third-order valence-corrected chi connectivity index (χ3v) is 7.08. The van der Waals surface area contributed by atoms with Gasteiger partial charge in [-0.2, -0.15) is 41.5 Å². The first-order chi connectivity index (χ1) is 28.0. The van der Waals surface area contributed by atoms with E-state index in [0.717, 1.165) is 56.0 Å². The molecule has 0 bridgehead atoms. The Kier molecular flexibility index (Phi) is 29.1. The minimum absolute atomic E-state index is 0. The average molecular weight is 950 g/mol. The SMILES string of the molecule is CCOCC.COc1cc(C(O)c2cc(F)cc(OC(F)(F)C(F)F)c2)ccc1F.COc1cc(C=O)ccc1F.Fc1cc(Br)cc(OC(F)(F)C(F)F)c1.[CH2-]CCC.[Li+]. The van der Waals surface area contributed by atoms with Gasteiger partial charge < -0.3 is 35.7 Å². The molecule has 0 heterocycles. The zero-order chi connectivity index (χ0) is 46.2. The summed E-state index contributed by atoms with van der Waals surface area (Å²) in [6.45, 7) is 11.4. The number of aldehydes is 1. The normalized spacial score (nSPS) is 11.1. The number of hydrogen-bond donors (Lipinski definition) is 1. The number of aliphatic hydroxyl groups excluding tert-OH is 1. The van der Waals surface area contributed by atoms with Gasteiger partial charge in [-0.05, 0) is 79.6 Å². The summed E-state index contributed by atoms with van der Waals surface area (Å²) in [6, 6.07) is 11.8. The van der Waals surface area contributed by atoms with E-state index in [1.807, 2.05) is 13.8 Å². The molecule has 0 radical (unpaired) electrons. The molecular formula is C40H42BrF12LiO7. The number of unbranched alkanes of at least 4 members (excludes halogenated alkanes) is 1. The van der Waals surface area contributed by atoms with Gasteiger partial charge in [0.2, 0.25) is 0 Å². The van der Waals surface area contributed by atoms with Crippen LogP contribution in [0.1, 0.15) is 61.2 Å². The molecule has 0 aliphatic carbocycles. The number of alkyl halides is 8. The van der Waals surface area contributed by atoms with Gasteiger partial charge in [0.15, 0.2) is 23.1 Å². The van der Waals surface area contributed by atoms with Gasteiger partial charge in [-0.25, -0.2) is 17.6 Å². The number of rotatable bonds is 14. The van der Waals surface area contributed by atoms with Gasteiger partial charge >= 0.3 is 43.9 Å². The van der Waals surface area contributed by atoms with Crippen LogP contribution in [0.15, 0.2) is 77.3 Å². The first-order valence-electron chi connectivity index (χ1n) is 17.2. The first kappa shape index (κ1) is 59.0. The number of methoxy groups -OCH3 is 2. The zero-order valence-corrected chi connectivity index (χ0v) is 35.2. The summed E-state index contributed by atoms with van der Waals surface area (Å²) in [4.78, 5) is 10.2. The van der Waals surface area contributed by atoms with E-state index in [0.29, 0.717) is 24.0 Å². The Labute approximate surface area is 365 Å². The summed E-state index contributed by atoms with van der Waals surface area (Å²) >= 11 is 2.81. The Morgan fingerprint density at radius 1 is 0.689 bits per heavy atom. The number of ether oxygens (including phenoxy) is 5. The van der Waals surface area contributed by atoms with Crippen LogP contribution in [-0.2, 0) is 4.74 Å². The van der Waals surface area contributed by atoms with Crippen molar-refractivity contribution in [3.05, 3.63) is 124 Å². The van der Waals surface area contributed by atoms with Gasteiger partial charge in [-0.3, -0.25) is 4.79 Å². The fourth-order valence-corrected chi connectivity index (χ4v) is 4.23. The third-order valence-electron chi connectivity index (χ3n) is 6.63. The van der Waals surface area contributed by atoms with E-state index in [2.05, 4.69) is 44.0 Å². The Balaban J connectivity index is 0. The van der Waals surface area contributed by atoms with Crippen LogP contribution in [-0.4, -0.2) is 63.9 Å². The van der Waals surface area contributed by atoms with Gasteiger partial charge in [0, 0.05) is 35.4 Å². The Hall–Kier alpha value is -4.09. The van der Waals surface area contributed by atoms with E-state index in [9.17, 15) is 62.6 Å². The second-order valence-corrected chi connectivity index (χ2v) is 12.1. The van der Waals surface area contributed by atoms with E-state index < -0.39 is 65.9 Å². The zero-order valence-electron chi connectivity index (χ0n) is 33.6. The molecule has 0 amide bonds. The fraction of sp³-hybridized carbons (Fsp3) is 0.350. The van der Waals surface area contributed by atoms with E-state index in [4.69, 9.17) is 9.47 Å². The summed E-state index contributed by atoms with van der Waals surface area (Å²) in [5.74, 6) is -4.81. The van der Waals surface area contributed by atoms with Crippen LogP contribution in [0.3, 0.4) is 0 Å². The summed E-state index contributed by atoms with van der Waals surface area (Å²) < 4.78 is 173. The number of hydrogen-bond acceptors (Lipinski definition) is 7. The van der Waals surface area contributed by atoms with Crippen LogP contribution in [0, 0.1) is 30.2 Å². The number of aliphatic hydroxyl groups is 1. The van der Waals surface area contributed by atoms with Gasteiger partial charge in [-0.1, -0.05) is 35.3 Å². The van der Waals surface area contributed by atoms with Crippen molar-refractivity contribution in [1.29, 1.82) is 0 Å². The van der Waals surface area contributed by atoms with E-state index in [1.165, 1.54) is 44.9 Å². The van der Waals surface area contributed by atoms with Crippen LogP contribution in [0.4, 0.5) is 52.7 Å². The summed E-state index contributed by atoms with van der Waals surface area (Å²) in [6.07, 6.45) is -16.2.